The van der Waals surface area contributed by atoms with E-state index >= 15 is 0 Å². The summed E-state index contributed by atoms with van der Waals surface area (Å²) in [5, 5.41) is 0.930. The molecule has 1 aromatic heterocycles. The second-order valence-electron chi connectivity index (χ2n) is 7.40. The Hall–Kier alpha value is -2.48. The zero-order valence-corrected chi connectivity index (χ0v) is 17.1. The smallest absolute Gasteiger partial charge is 0.214 e. The minimum Gasteiger partial charge on any atom is -0.360 e. The van der Waals surface area contributed by atoms with Crippen molar-refractivity contribution in [3.63, 3.8) is 0 Å². The Kier molecular flexibility index (Phi) is 5.80. The average Bonchev–Trinajstić information content (AvgIpc) is 3.18. The first-order chi connectivity index (χ1) is 14.0. The fourth-order valence-electron chi connectivity index (χ4n) is 3.78. The second kappa shape index (κ2) is 8.49. The summed E-state index contributed by atoms with van der Waals surface area (Å²) in [7, 11) is -3.29. The molecule has 4 rings (SSSR count). The molecule has 1 aliphatic rings. The molecule has 29 heavy (non-hydrogen) atoms. The predicted octanol–water partition coefficient (Wildman–Crippen LogP) is 2.54. The molecule has 0 radical (unpaired) electrons. The van der Waals surface area contributed by atoms with E-state index in [0.717, 1.165) is 16.5 Å². The lowest BCUT2D eigenvalue weighted by molar-refractivity contribution is 0.0903. The number of carbonyl (C=O) groups excluding carboxylic acids is 1. The zero-order chi connectivity index (χ0) is 20.3. The molecule has 0 saturated carbocycles. The van der Waals surface area contributed by atoms with Crippen molar-refractivity contribution in [3.05, 3.63) is 71.9 Å². The Morgan fingerprint density at radius 2 is 1.62 bits per heavy atom. The van der Waals surface area contributed by atoms with Crippen molar-refractivity contribution in [2.75, 3.05) is 38.5 Å². The topological polar surface area (TPSA) is 73.5 Å². The molecule has 0 spiro atoms. The van der Waals surface area contributed by atoms with Gasteiger partial charge in [0, 0.05) is 48.8 Å². The molecule has 1 saturated heterocycles. The van der Waals surface area contributed by atoms with Crippen LogP contribution in [0.1, 0.15) is 15.9 Å². The van der Waals surface area contributed by atoms with Crippen LogP contribution in [-0.4, -0.2) is 66.9 Å². The number of H-pyrrole nitrogens is 1. The highest BCUT2D eigenvalue weighted by Gasteiger charge is 2.27. The van der Waals surface area contributed by atoms with Crippen LogP contribution in [0, 0.1) is 0 Å². The van der Waals surface area contributed by atoms with Crippen molar-refractivity contribution in [1.29, 1.82) is 0 Å². The Bertz CT molecular complexity index is 1080. The van der Waals surface area contributed by atoms with E-state index in [9.17, 15) is 13.2 Å². The van der Waals surface area contributed by atoms with Gasteiger partial charge in [-0.25, -0.2) is 8.42 Å². The molecule has 0 bridgehead atoms. The van der Waals surface area contributed by atoms with E-state index in [1.54, 1.807) is 10.5 Å². The van der Waals surface area contributed by atoms with Crippen molar-refractivity contribution in [2.45, 2.75) is 6.42 Å². The van der Waals surface area contributed by atoms with Crippen LogP contribution in [0.25, 0.3) is 10.9 Å². The lowest BCUT2D eigenvalue weighted by Gasteiger charge is -2.33. The summed E-state index contributed by atoms with van der Waals surface area (Å²) in [4.78, 5) is 17.9. The van der Waals surface area contributed by atoms with E-state index < -0.39 is 10.0 Å². The van der Waals surface area contributed by atoms with Gasteiger partial charge in [0.2, 0.25) is 10.0 Å². The molecule has 1 fully saturated rings. The molecule has 2 aromatic carbocycles. The SMILES string of the molecule is O=C(CN1CCN(S(=O)(=O)CCc2ccccc2)CC1)c1c[nH]c2ccccc12. The van der Waals surface area contributed by atoms with Gasteiger partial charge in [0.1, 0.15) is 0 Å². The maximum atomic E-state index is 12.7. The van der Waals surface area contributed by atoms with Gasteiger partial charge in [-0.2, -0.15) is 4.31 Å². The number of carbonyl (C=O) groups is 1. The maximum absolute atomic E-state index is 12.7. The van der Waals surface area contributed by atoms with Gasteiger partial charge in [-0.15, -0.1) is 0 Å². The van der Waals surface area contributed by atoms with E-state index in [1.807, 2.05) is 59.5 Å². The fraction of sp³-hybridized carbons (Fsp3) is 0.318. The number of benzene rings is 2. The Morgan fingerprint density at radius 3 is 2.38 bits per heavy atom. The third-order valence-corrected chi connectivity index (χ3v) is 7.34. The van der Waals surface area contributed by atoms with Crippen molar-refractivity contribution in [2.24, 2.45) is 0 Å². The number of fused-ring (bicyclic) bond motifs is 1. The number of nitrogens with zero attached hydrogens (tertiary/aromatic N) is 2. The summed E-state index contributed by atoms with van der Waals surface area (Å²) in [6.45, 7) is 2.30. The number of para-hydroxylation sites is 1. The van der Waals surface area contributed by atoms with Gasteiger partial charge in [0.25, 0.3) is 0 Å². The maximum Gasteiger partial charge on any atom is 0.214 e. The van der Waals surface area contributed by atoms with Crippen LogP contribution >= 0.6 is 0 Å². The normalized spacial score (nSPS) is 16.3. The zero-order valence-electron chi connectivity index (χ0n) is 16.3. The number of Topliss-reactive ketones (excluding diaryl/α,β-unsaturated/α-hetero) is 1. The number of hydrogen-bond acceptors (Lipinski definition) is 4. The number of sulfonamides is 1. The van der Waals surface area contributed by atoms with Gasteiger partial charge in [0.05, 0.1) is 12.3 Å². The minimum atomic E-state index is -3.29. The van der Waals surface area contributed by atoms with Crippen molar-refractivity contribution >= 4 is 26.7 Å². The van der Waals surface area contributed by atoms with Crippen LogP contribution in [0.15, 0.2) is 60.8 Å². The Balaban J connectivity index is 1.31. The second-order valence-corrected chi connectivity index (χ2v) is 9.49. The first-order valence-electron chi connectivity index (χ1n) is 9.86. The molecule has 0 unspecified atom stereocenters. The minimum absolute atomic E-state index is 0.0582. The van der Waals surface area contributed by atoms with Crippen molar-refractivity contribution in [3.8, 4) is 0 Å². The van der Waals surface area contributed by atoms with Crippen LogP contribution in [0.5, 0.6) is 0 Å². The van der Waals surface area contributed by atoms with Gasteiger partial charge in [0.15, 0.2) is 5.78 Å². The molecular weight excluding hydrogens is 386 g/mol. The number of hydrogen-bond donors (Lipinski definition) is 1. The van der Waals surface area contributed by atoms with Gasteiger partial charge < -0.3 is 4.98 Å². The molecule has 152 valence electrons. The molecule has 1 aliphatic heterocycles. The first-order valence-corrected chi connectivity index (χ1v) is 11.5. The van der Waals surface area contributed by atoms with Crippen LogP contribution in [0.2, 0.25) is 0 Å². The highest BCUT2D eigenvalue weighted by Crippen LogP contribution is 2.19. The van der Waals surface area contributed by atoms with Gasteiger partial charge in [-0.3, -0.25) is 9.69 Å². The molecule has 0 aliphatic carbocycles. The largest absolute Gasteiger partial charge is 0.360 e. The monoisotopic (exact) mass is 411 g/mol. The predicted molar refractivity (Wildman–Crippen MR) is 115 cm³/mol. The number of ketones is 1. The van der Waals surface area contributed by atoms with E-state index in [4.69, 9.17) is 0 Å². The van der Waals surface area contributed by atoms with Crippen LogP contribution in [0.3, 0.4) is 0 Å². The summed E-state index contributed by atoms with van der Waals surface area (Å²) >= 11 is 0. The number of rotatable bonds is 7. The fourth-order valence-corrected chi connectivity index (χ4v) is 5.25. The molecule has 1 N–H and O–H groups in total. The molecule has 7 heteroatoms. The highest BCUT2D eigenvalue weighted by molar-refractivity contribution is 7.89. The summed E-state index contributed by atoms with van der Waals surface area (Å²) in [6.07, 6.45) is 2.28. The highest BCUT2D eigenvalue weighted by atomic mass is 32.2. The lowest BCUT2D eigenvalue weighted by Crippen LogP contribution is -2.50. The molecular formula is C22H25N3O3S. The number of aromatic nitrogens is 1. The Morgan fingerprint density at radius 1 is 0.931 bits per heavy atom. The summed E-state index contributed by atoms with van der Waals surface area (Å²) < 4.78 is 26.9. The van der Waals surface area contributed by atoms with Crippen LogP contribution in [-0.2, 0) is 16.4 Å². The number of aryl methyl sites for hydroxylation is 1. The number of aromatic amines is 1. The van der Waals surface area contributed by atoms with Crippen molar-refractivity contribution in [1.82, 2.24) is 14.2 Å². The van der Waals surface area contributed by atoms with Gasteiger partial charge >= 0.3 is 0 Å². The van der Waals surface area contributed by atoms with Crippen LogP contribution in [0.4, 0.5) is 0 Å². The quantitative estimate of drug-likeness (QED) is 0.607. The van der Waals surface area contributed by atoms with E-state index in [1.165, 1.54) is 0 Å². The number of nitrogens with one attached hydrogen (secondary N) is 1. The molecule has 2 heterocycles. The van der Waals surface area contributed by atoms with Crippen LogP contribution < -0.4 is 0 Å². The molecule has 0 atom stereocenters. The molecule has 0 amide bonds. The summed E-state index contributed by atoms with van der Waals surface area (Å²) in [5.74, 6) is 0.175. The standard InChI is InChI=1S/C22H25N3O3S/c26-22(20-16-23-21-9-5-4-8-19(20)21)17-24-11-13-25(14-12-24)29(27,28)15-10-18-6-2-1-3-7-18/h1-9,16,23H,10-15,17H2. The van der Waals surface area contributed by atoms with E-state index in [-0.39, 0.29) is 11.5 Å². The van der Waals surface area contributed by atoms with Crippen molar-refractivity contribution < 1.29 is 13.2 Å². The third-order valence-electron chi connectivity index (χ3n) is 5.47. The van der Waals surface area contributed by atoms with E-state index in [0.29, 0.717) is 44.7 Å². The first kappa shape index (κ1) is 19.8. The van der Waals surface area contributed by atoms with E-state index in [2.05, 4.69) is 4.98 Å². The van der Waals surface area contributed by atoms with Gasteiger partial charge in [-0.05, 0) is 18.1 Å². The molecule has 6 nitrogen and oxygen atoms in total. The summed E-state index contributed by atoms with van der Waals surface area (Å²) in [5.41, 5.74) is 2.67. The third kappa shape index (κ3) is 4.58. The lowest BCUT2D eigenvalue weighted by atomic mass is 10.1. The summed E-state index contributed by atoms with van der Waals surface area (Å²) in [6, 6.07) is 17.4. The average molecular weight is 412 g/mol. The number of piperazine rings is 1. The molecule has 3 aromatic rings. The Labute approximate surface area is 171 Å². The van der Waals surface area contributed by atoms with Gasteiger partial charge in [-0.1, -0.05) is 48.5 Å².